The van der Waals surface area contributed by atoms with E-state index in [-0.39, 0.29) is 11.0 Å². The van der Waals surface area contributed by atoms with Crippen molar-refractivity contribution in [2.75, 3.05) is 5.75 Å². The van der Waals surface area contributed by atoms with Crippen LogP contribution in [0.5, 0.6) is 0 Å². The Morgan fingerprint density at radius 1 is 1.41 bits per heavy atom. The van der Waals surface area contributed by atoms with E-state index in [1.807, 2.05) is 19.1 Å². The molecule has 1 aromatic rings. The van der Waals surface area contributed by atoms with Crippen molar-refractivity contribution < 1.29 is 4.79 Å². The van der Waals surface area contributed by atoms with Gasteiger partial charge in [-0.05, 0) is 31.2 Å². The molecular formula is C14H19ClOS. The fourth-order valence-corrected chi connectivity index (χ4v) is 2.77. The van der Waals surface area contributed by atoms with E-state index in [4.69, 9.17) is 11.6 Å². The van der Waals surface area contributed by atoms with Gasteiger partial charge in [-0.25, -0.2) is 0 Å². The number of halogens is 1. The minimum Gasteiger partial charge on any atom is -0.293 e. The van der Waals surface area contributed by atoms with Crippen molar-refractivity contribution in [3.63, 3.8) is 0 Å². The molecule has 0 aliphatic carbocycles. The lowest BCUT2D eigenvalue weighted by Gasteiger charge is -2.10. The number of hydrogen-bond acceptors (Lipinski definition) is 2. The zero-order valence-corrected chi connectivity index (χ0v) is 12.0. The molecule has 0 spiro atoms. The van der Waals surface area contributed by atoms with Crippen molar-refractivity contribution in [2.45, 2.75) is 38.4 Å². The first-order valence-electron chi connectivity index (χ1n) is 6.06. The van der Waals surface area contributed by atoms with Crippen molar-refractivity contribution in [1.29, 1.82) is 0 Å². The summed E-state index contributed by atoms with van der Waals surface area (Å²) in [5, 5.41) is 0.643. The van der Waals surface area contributed by atoms with Crippen molar-refractivity contribution >= 4 is 29.1 Å². The lowest BCUT2D eigenvalue weighted by Crippen LogP contribution is -2.14. The predicted octanol–water partition coefficient (Wildman–Crippen LogP) is 4.83. The fourth-order valence-electron chi connectivity index (χ4n) is 1.56. The van der Waals surface area contributed by atoms with Gasteiger partial charge < -0.3 is 0 Å². The molecule has 0 radical (unpaired) electrons. The minimum atomic E-state index is 0.0188. The normalized spacial score (nSPS) is 12.4. The van der Waals surface area contributed by atoms with Gasteiger partial charge in [0.2, 0.25) is 0 Å². The molecule has 94 valence electrons. The number of hydrogen-bond donors (Lipinski definition) is 0. The van der Waals surface area contributed by atoms with Gasteiger partial charge in [-0.15, -0.1) is 0 Å². The van der Waals surface area contributed by atoms with Gasteiger partial charge in [0, 0.05) is 10.6 Å². The van der Waals surface area contributed by atoms with E-state index in [9.17, 15) is 4.79 Å². The largest absolute Gasteiger partial charge is 0.293 e. The summed E-state index contributed by atoms with van der Waals surface area (Å²) in [7, 11) is 0. The molecule has 0 saturated carbocycles. The summed E-state index contributed by atoms with van der Waals surface area (Å²) in [6, 6.07) is 7.19. The highest BCUT2D eigenvalue weighted by Gasteiger charge is 2.15. The molecule has 1 nitrogen and oxygen atoms in total. The number of carbonyl (C=O) groups is 1. The number of carbonyl (C=O) groups excluding carboxylic acids is 1. The molecule has 1 unspecified atom stereocenters. The zero-order chi connectivity index (χ0) is 12.7. The Labute approximate surface area is 113 Å². The van der Waals surface area contributed by atoms with Gasteiger partial charge in [-0.3, -0.25) is 4.79 Å². The Kier molecular flexibility index (Phi) is 6.68. The topological polar surface area (TPSA) is 17.1 Å². The van der Waals surface area contributed by atoms with Crippen LogP contribution < -0.4 is 0 Å². The molecule has 1 atom stereocenters. The molecule has 1 aromatic carbocycles. The Bertz CT molecular complexity index is 365. The molecule has 0 saturated heterocycles. The van der Waals surface area contributed by atoms with E-state index in [1.54, 1.807) is 23.9 Å². The second kappa shape index (κ2) is 7.78. The Morgan fingerprint density at radius 2 is 2.18 bits per heavy atom. The van der Waals surface area contributed by atoms with Crippen molar-refractivity contribution in [2.24, 2.45) is 0 Å². The van der Waals surface area contributed by atoms with Crippen LogP contribution in [0, 0.1) is 0 Å². The second-order valence-corrected chi connectivity index (χ2v) is 5.98. The predicted molar refractivity (Wildman–Crippen MR) is 77.2 cm³/mol. The summed E-state index contributed by atoms with van der Waals surface area (Å²) >= 11 is 7.61. The van der Waals surface area contributed by atoms with Crippen LogP contribution in [-0.2, 0) is 0 Å². The molecule has 0 bridgehead atoms. The lowest BCUT2D eigenvalue weighted by atomic mass is 10.1. The maximum absolute atomic E-state index is 12.1. The molecule has 3 heteroatoms. The summed E-state index contributed by atoms with van der Waals surface area (Å²) < 4.78 is 0. The average molecular weight is 271 g/mol. The average Bonchev–Trinajstić information content (AvgIpc) is 2.33. The first-order valence-corrected chi connectivity index (χ1v) is 7.49. The first-order chi connectivity index (χ1) is 8.15. The van der Waals surface area contributed by atoms with E-state index in [2.05, 4.69) is 6.92 Å². The van der Waals surface area contributed by atoms with Gasteiger partial charge in [0.05, 0.1) is 5.25 Å². The highest BCUT2D eigenvalue weighted by atomic mass is 35.5. The molecule has 17 heavy (non-hydrogen) atoms. The molecule has 0 amide bonds. The van der Waals surface area contributed by atoms with Crippen LogP contribution in [0.25, 0.3) is 0 Å². The molecule has 0 aromatic heterocycles. The fraction of sp³-hybridized carbons (Fsp3) is 0.500. The third-order valence-corrected chi connectivity index (χ3v) is 4.07. The van der Waals surface area contributed by atoms with Crippen molar-refractivity contribution in [3.8, 4) is 0 Å². The number of benzene rings is 1. The van der Waals surface area contributed by atoms with E-state index in [0.29, 0.717) is 10.6 Å². The summed E-state index contributed by atoms with van der Waals surface area (Å²) in [5.74, 6) is 1.23. The van der Waals surface area contributed by atoms with Gasteiger partial charge >= 0.3 is 0 Å². The summed E-state index contributed by atoms with van der Waals surface area (Å²) in [5.41, 5.74) is 0.716. The summed E-state index contributed by atoms with van der Waals surface area (Å²) in [4.78, 5) is 12.1. The summed E-state index contributed by atoms with van der Waals surface area (Å²) in [6.45, 7) is 4.16. The zero-order valence-electron chi connectivity index (χ0n) is 10.4. The maximum Gasteiger partial charge on any atom is 0.175 e. The lowest BCUT2D eigenvalue weighted by molar-refractivity contribution is 0.0994. The van der Waals surface area contributed by atoms with Gasteiger partial charge in [0.15, 0.2) is 5.78 Å². The third-order valence-electron chi connectivity index (χ3n) is 2.59. The van der Waals surface area contributed by atoms with Crippen LogP contribution in [0.4, 0.5) is 0 Å². The number of rotatable bonds is 7. The summed E-state index contributed by atoms with van der Waals surface area (Å²) in [6.07, 6.45) is 3.65. The Balaban J connectivity index is 2.46. The van der Waals surface area contributed by atoms with Gasteiger partial charge in [0.25, 0.3) is 0 Å². The van der Waals surface area contributed by atoms with Crippen LogP contribution in [0.3, 0.4) is 0 Å². The van der Waals surface area contributed by atoms with Crippen molar-refractivity contribution in [1.82, 2.24) is 0 Å². The Hall–Kier alpha value is -0.470. The number of unbranched alkanes of at least 4 members (excludes halogenated alkanes) is 2. The number of ketones is 1. The molecule has 0 aliphatic rings. The highest BCUT2D eigenvalue weighted by molar-refractivity contribution is 8.00. The molecule has 0 fully saturated rings. The molecule has 0 heterocycles. The van der Waals surface area contributed by atoms with Gasteiger partial charge in [0.1, 0.15) is 0 Å². The first kappa shape index (κ1) is 14.6. The number of thioether (sulfide) groups is 1. The molecular weight excluding hydrogens is 252 g/mol. The smallest absolute Gasteiger partial charge is 0.175 e. The molecule has 0 N–H and O–H groups in total. The maximum atomic E-state index is 12.1. The molecule has 0 aliphatic heterocycles. The second-order valence-electron chi connectivity index (χ2n) is 4.09. The van der Waals surface area contributed by atoms with Gasteiger partial charge in [-0.2, -0.15) is 11.8 Å². The van der Waals surface area contributed by atoms with Gasteiger partial charge in [-0.1, -0.05) is 43.5 Å². The molecule has 1 rings (SSSR count). The monoisotopic (exact) mass is 270 g/mol. The van der Waals surface area contributed by atoms with Crippen LogP contribution >= 0.6 is 23.4 Å². The van der Waals surface area contributed by atoms with E-state index >= 15 is 0 Å². The highest BCUT2D eigenvalue weighted by Crippen LogP contribution is 2.20. The third kappa shape index (κ3) is 5.13. The van der Waals surface area contributed by atoms with Crippen LogP contribution in [0.1, 0.15) is 43.5 Å². The van der Waals surface area contributed by atoms with Crippen molar-refractivity contribution in [3.05, 3.63) is 34.9 Å². The standard InChI is InChI=1S/C14H19ClOS/c1-3-4-5-9-17-11(2)14(16)12-7-6-8-13(15)10-12/h6-8,10-11H,3-5,9H2,1-2H3. The van der Waals surface area contributed by atoms with Crippen LogP contribution in [-0.4, -0.2) is 16.8 Å². The number of Topliss-reactive ketones (excluding diaryl/α,β-unsaturated/α-hetero) is 1. The van der Waals surface area contributed by atoms with E-state index in [0.717, 1.165) is 5.75 Å². The van der Waals surface area contributed by atoms with E-state index < -0.39 is 0 Å². The minimum absolute atomic E-state index is 0.0188. The van der Waals surface area contributed by atoms with E-state index in [1.165, 1.54) is 19.3 Å². The quantitative estimate of drug-likeness (QED) is 0.521. The van der Waals surface area contributed by atoms with Crippen LogP contribution in [0.15, 0.2) is 24.3 Å². The van der Waals surface area contributed by atoms with Crippen LogP contribution in [0.2, 0.25) is 5.02 Å². The Morgan fingerprint density at radius 3 is 2.82 bits per heavy atom. The SMILES string of the molecule is CCCCCSC(C)C(=O)c1cccc(Cl)c1.